The molecule has 1 N–H and O–H groups in total. The summed E-state index contributed by atoms with van der Waals surface area (Å²) in [5, 5.41) is 0.668. The maximum Gasteiger partial charge on any atom is 0.223 e. The summed E-state index contributed by atoms with van der Waals surface area (Å²) in [5.74, 6) is 0.390. The Morgan fingerprint density at radius 1 is 1.24 bits per heavy atom. The van der Waals surface area contributed by atoms with Crippen molar-refractivity contribution >= 4 is 27.0 Å². The molecule has 29 heavy (non-hydrogen) atoms. The number of pyridine rings is 1. The van der Waals surface area contributed by atoms with E-state index in [0.29, 0.717) is 38.5 Å². The molecule has 7 nitrogen and oxygen atoms in total. The average molecular weight is 419 g/mol. The molecule has 0 spiro atoms. The molecule has 1 amide bonds. The third kappa shape index (κ3) is 4.05. The number of hydrogen-bond acceptors (Lipinski definition) is 4. The Morgan fingerprint density at radius 3 is 2.59 bits per heavy atom. The van der Waals surface area contributed by atoms with E-state index in [1.165, 1.54) is 5.56 Å². The molecule has 2 aromatic heterocycles. The predicted octanol–water partition coefficient (Wildman–Crippen LogP) is 2.72. The van der Waals surface area contributed by atoms with E-state index in [0.717, 1.165) is 23.9 Å². The van der Waals surface area contributed by atoms with Gasteiger partial charge in [0.15, 0.2) is 0 Å². The van der Waals surface area contributed by atoms with Gasteiger partial charge in [-0.1, -0.05) is 20.8 Å². The van der Waals surface area contributed by atoms with Gasteiger partial charge in [-0.3, -0.25) is 4.79 Å². The van der Waals surface area contributed by atoms with Gasteiger partial charge >= 0.3 is 0 Å². The summed E-state index contributed by atoms with van der Waals surface area (Å²) in [4.78, 5) is 21.5. The van der Waals surface area contributed by atoms with Crippen LogP contribution in [-0.4, -0.2) is 64.9 Å². The van der Waals surface area contributed by atoms with Crippen molar-refractivity contribution in [3.8, 4) is 0 Å². The first-order valence-electron chi connectivity index (χ1n) is 10.3. The van der Waals surface area contributed by atoms with E-state index in [1.807, 2.05) is 33.0 Å². The van der Waals surface area contributed by atoms with Crippen LogP contribution in [0.5, 0.6) is 0 Å². The van der Waals surface area contributed by atoms with Crippen molar-refractivity contribution in [2.45, 2.75) is 51.2 Å². The normalized spacial score (nSPS) is 20.2. The highest BCUT2D eigenvalue weighted by Crippen LogP contribution is 2.34. The van der Waals surface area contributed by atoms with Crippen LogP contribution >= 0.6 is 0 Å². The van der Waals surface area contributed by atoms with Crippen molar-refractivity contribution in [1.29, 1.82) is 0 Å². The highest BCUT2D eigenvalue weighted by molar-refractivity contribution is 7.89. The minimum atomic E-state index is -3.35. The van der Waals surface area contributed by atoms with Crippen LogP contribution in [0.25, 0.3) is 11.0 Å². The highest BCUT2D eigenvalue weighted by Gasteiger charge is 2.44. The molecule has 0 aromatic carbocycles. The molecule has 2 saturated heterocycles. The van der Waals surface area contributed by atoms with E-state index in [4.69, 9.17) is 0 Å². The summed E-state index contributed by atoms with van der Waals surface area (Å²) in [6, 6.07) is 4.00. The molecular formula is C21H30N4O3S. The predicted molar refractivity (Wildman–Crippen MR) is 113 cm³/mol. The lowest BCUT2D eigenvalue weighted by Crippen LogP contribution is -2.60. The minimum absolute atomic E-state index is 0.0515. The lowest BCUT2D eigenvalue weighted by molar-refractivity contribution is -0.136. The van der Waals surface area contributed by atoms with E-state index >= 15 is 0 Å². The molecular weight excluding hydrogens is 388 g/mol. The number of rotatable bonds is 4. The largest absolute Gasteiger partial charge is 0.346 e. The van der Waals surface area contributed by atoms with Crippen LogP contribution in [-0.2, 0) is 14.8 Å². The number of fused-ring (bicyclic) bond motifs is 1. The fraction of sp³-hybridized carbons (Fsp3) is 0.619. The molecule has 2 aliphatic rings. The molecule has 0 aliphatic carbocycles. The SMILES string of the molecule is CC(C)(C)CC(=O)N1CC(S(=O)(=O)N2CCC(c3c[nH]c4ncccc34)CC2)C1. The highest BCUT2D eigenvalue weighted by atomic mass is 32.2. The fourth-order valence-electron chi connectivity index (χ4n) is 4.34. The molecule has 4 heterocycles. The van der Waals surface area contributed by atoms with Gasteiger partial charge in [0, 0.05) is 50.4 Å². The molecule has 2 aromatic rings. The summed E-state index contributed by atoms with van der Waals surface area (Å²) >= 11 is 0. The number of amides is 1. The molecule has 2 aliphatic heterocycles. The van der Waals surface area contributed by atoms with Gasteiger partial charge in [-0.15, -0.1) is 0 Å². The number of hydrogen-bond donors (Lipinski definition) is 1. The maximum atomic E-state index is 13.0. The Labute approximate surface area is 172 Å². The summed E-state index contributed by atoms with van der Waals surface area (Å²) in [6.07, 6.45) is 5.84. The van der Waals surface area contributed by atoms with E-state index < -0.39 is 15.3 Å². The van der Waals surface area contributed by atoms with Gasteiger partial charge in [-0.2, -0.15) is 0 Å². The number of H-pyrrole nitrogens is 1. The van der Waals surface area contributed by atoms with Gasteiger partial charge in [-0.05, 0) is 41.9 Å². The van der Waals surface area contributed by atoms with E-state index in [9.17, 15) is 13.2 Å². The van der Waals surface area contributed by atoms with Crippen molar-refractivity contribution in [2.24, 2.45) is 5.41 Å². The van der Waals surface area contributed by atoms with Crippen LogP contribution in [0, 0.1) is 5.41 Å². The number of sulfonamides is 1. The summed E-state index contributed by atoms with van der Waals surface area (Å²) in [7, 11) is -3.35. The van der Waals surface area contributed by atoms with Gasteiger partial charge in [0.1, 0.15) is 10.9 Å². The van der Waals surface area contributed by atoms with Gasteiger partial charge in [-0.25, -0.2) is 17.7 Å². The van der Waals surface area contributed by atoms with E-state index in [1.54, 1.807) is 15.4 Å². The third-order valence-corrected chi connectivity index (χ3v) is 8.27. The third-order valence-electron chi connectivity index (χ3n) is 6.04. The minimum Gasteiger partial charge on any atom is -0.346 e. The summed E-state index contributed by atoms with van der Waals surface area (Å²) < 4.78 is 27.6. The van der Waals surface area contributed by atoms with Crippen LogP contribution in [0.15, 0.2) is 24.5 Å². The molecule has 4 rings (SSSR count). The van der Waals surface area contributed by atoms with Crippen LogP contribution in [0.3, 0.4) is 0 Å². The lowest BCUT2D eigenvalue weighted by Gasteiger charge is -2.43. The number of nitrogens with one attached hydrogen (secondary N) is 1. The Kier molecular flexibility index (Phi) is 5.19. The first-order valence-corrected chi connectivity index (χ1v) is 11.8. The fourth-order valence-corrected chi connectivity index (χ4v) is 6.22. The number of likely N-dealkylation sites (tertiary alicyclic amines) is 1. The number of carbonyl (C=O) groups is 1. The molecule has 0 saturated carbocycles. The first kappa shape index (κ1) is 20.3. The zero-order valence-electron chi connectivity index (χ0n) is 17.4. The Hall–Kier alpha value is -1.93. The smallest absolute Gasteiger partial charge is 0.223 e. The van der Waals surface area contributed by atoms with E-state index in [-0.39, 0.29) is 11.3 Å². The van der Waals surface area contributed by atoms with E-state index in [2.05, 4.69) is 16.0 Å². The zero-order valence-corrected chi connectivity index (χ0v) is 18.2. The Balaban J connectivity index is 1.34. The second-order valence-corrected chi connectivity index (χ2v) is 11.7. The lowest BCUT2D eigenvalue weighted by atomic mass is 9.90. The zero-order chi connectivity index (χ0) is 20.8. The van der Waals surface area contributed by atoms with Crippen molar-refractivity contribution in [2.75, 3.05) is 26.2 Å². The van der Waals surface area contributed by atoms with Gasteiger partial charge in [0.2, 0.25) is 15.9 Å². The van der Waals surface area contributed by atoms with Gasteiger partial charge in [0.05, 0.1) is 0 Å². The molecule has 8 heteroatoms. The molecule has 0 bridgehead atoms. The number of aromatic amines is 1. The molecule has 0 radical (unpaired) electrons. The standard InChI is InChI=1S/C21H30N4O3S/c1-21(2,3)11-19(26)24-13-16(14-24)29(27,28)25-9-6-15(7-10-25)18-12-23-20-17(18)5-4-8-22-20/h4-5,8,12,15-16H,6-7,9-11,13-14H2,1-3H3,(H,22,23). The Bertz CT molecular complexity index is 994. The van der Waals surface area contributed by atoms with Crippen molar-refractivity contribution in [1.82, 2.24) is 19.2 Å². The average Bonchev–Trinajstić information content (AvgIpc) is 3.03. The molecule has 2 fully saturated rings. The molecule has 0 unspecified atom stereocenters. The van der Waals surface area contributed by atoms with Crippen molar-refractivity contribution in [3.63, 3.8) is 0 Å². The Morgan fingerprint density at radius 2 is 1.93 bits per heavy atom. The van der Waals surface area contributed by atoms with Crippen LogP contribution in [0.2, 0.25) is 0 Å². The summed E-state index contributed by atoms with van der Waals surface area (Å²) in [5.41, 5.74) is 2.03. The molecule has 158 valence electrons. The monoisotopic (exact) mass is 418 g/mol. The number of nitrogens with zero attached hydrogens (tertiary/aromatic N) is 3. The van der Waals surface area contributed by atoms with Gasteiger partial charge < -0.3 is 9.88 Å². The quantitative estimate of drug-likeness (QED) is 0.827. The van der Waals surface area contributed by atoms with Gasteiger partial charge in [0.25, 0.3) is 0 Å². The number of piperidine rings is 1. The molecule has 0 atom stereocenters. The van der Waals surface area contributed by atoms with Crippen molar-refractivity contribution < 1.29 is 13.2 Å². The summed E-state index contributed by atoms with van der Waals surface area (Å²) in [6.45, 7) is 7.78. The number of aromatic nitrogens is 2. The maximum absolute atomic E-state index is 13.0. The second kappa shape index (κ2) is 7.40. The number of carbonyl (C=O) groups excluding carboxylic acids is 1. The van der Waals surface area contributed by atoms with Crippen LogP contribution < -0.4 is 0 Å². The van der Waals surface area contributed by atoms with Crippen LogP contribution in [0.4, 0.5) is 0 Å². The van der Waals surface area contributed by atoms with Crippen LogP contribution in [0.1, 0.15) is 51.5 Å². The first-order chi connectivity index (χ1) is 13.6. The van der Waals surface area contributed by atoms with Crippen molar-refractivity contribution in [3.05, 3.63) is 30.1 Å². The second-order valence-electron chi connectivity index (χ2n) is 9.52. The topological polar surface area (TPSA) is 86.4 Å².